The Balaban J connectivity index is 0.00000288. The van der Waals surface area contributed by atoms with Crippen molar-refractivity contribution in [2.45, 2.75) is 40.0 Å². The number of aliphatic imine (C=N–C) groups is 1. The Bertz CT molecular complexity index is 703. The molecule has 0 amide bonds. The van der Waals surface area contributed by atoms with Crippen LogP contribution in [-0.4, -0.2) is 17.5 Å². The average Bonchev–Trinajstić information content (AvgIpc) is 2.44. The molecule has 0 spiro atoms. The van der Waals surface area contributed by atoms with Gasteiger partial charge in [0.2, 0.25) is 0 Å². The van der Waals surface area contributed by atoms with Crippen LogP contribution in [0.5, 0.6) is 0 Å². The number of halogens is 1. The molecule has 1 aromatic heterocycles. The highest BCUT2D eigenvalue weighted by Gasteiger charge is 2.23. The van der Waals surface area contributed by atoms with Gasteiger partial charge in [-0.1, -0.05) is 26.0 Å². The van der Waals surface area contributed by atoms with Crippen LogP contribution in [0, 0.1) is 20.8 Å². The molecule has 0 radical (unpaired) electrons. The first kappa shape index (κ1) is 20.4. The van der Waals surface area contributed by atoms with Crippen LogP contribution >= 0.6 is 24.0 Å². The van der Waals surface area contributed by atoms with E-state index in [-0.39, 0.29) is 29.4 Å². The van der Waals surface area contributed by atoms with E-state index in [1.807, 2.05) is 12.3 Å². The predicted molar refractivity (Wildman–Crippen MR) is 113 cm³/mol. The zero-order chi connectivity index (χ0) is 17.0. The predicted octanol–water partition coefficient (Wildman–Crippen LogP) is 4.33. The molecule has 0 saturated heterocycles. The van der Waals surface area contributed by atoms with Crippen molar-refractivity contribution in [2.24, 2.45) is 10.7 Å². The molecule has 0 saturated carbocycles. The van der Waals surface area contributed by atoms with Crippen molar-refractivity contribution in [3.8, 4) is 0 Å². The number of benzene rings is 1. The van der Waals surface area contributed by atoms with Gasteiger partial charge in [-0.15, -0.1) is 24.0 Å². The second-order valence-corrected chi connectivity index (χ2v) is 6.76. The molecule has 2 aromatic rings. The summed E-state index contributed by atoms with van der Waals surface area (Å²) in [5, 5.41) is 3.17. The van der Waals surface area contributed by atoms with Crippen LogP contribution in [0.15, 0.2) is 41.5 Å². The van der Waals surface area contributed by atoms with Gasteiger partial charge in [0.25, 0.3) is 0 Å². The maximum Gasteiger partial charge on any atom is 0.193 e. The molecule has 5 heteroatoms. The minimum atomic E-state index is -0.167. The van der Waals surface area contributed by atoms with Gasteiger partial charge in [0.05, 0.1) is 12.2 Å². The summed E-state index contributed by atoms with van der Waals surface area (Å²) in [5.41, 5.74) is 11.5. The summed E-state index contributed by atoms with van der Waals surface area (Å²) in [4.78, 5) is 9.02. The van der Waals surface area contributed by atoms with Crippen LogP contribution in [0.2, 0.25) is 0 Å². The van der Waals surface area contributed by atoms with Crippen molar-refractivity contribution in [1.29, 1.82) is 0 Å². The summed E-state index contributed by atoms with van der Waals surface area (Å²) in [5.74, 6) is 0.427. The number of aryl methyl sites for hydroxylation is 3. The maximum atomic E-state index is 6.05. The fourth-order valence-corrected chi connectivity index (χ4v) is 2.79. The third-order valence-electron chi connectivity index (χ3n) is 3.79. The third kappa shape index (κ3) is 5.47. The molecule has 130 valence electrons. The number of aromatic nitrogens is 1. The van der Waals surface area contributed by atoms with Crippen LogP contribution in [0.4, 0.5) is 5.69 Å². The normalized spacial score (nSPS) is 11.8. The Hall–Kier alpha value is -1.63. The van der Waals surface area contributed by atoms with Crippen LogP contribution in [-0.2, 0) is 5.41 Å². The van der Waals surface area contributed by atoms with E-state index in [1.165, 1.54) is 16.7 Å². The minimum absolute atomic E-state index is 0. The van der Waals surface area contributed by atoms with Gasteiger partial charge >= 0.3 is 0 Å². The number of rotatable bonds is 4. The van der Waals surface area contributed by atoms with Gasteiger partial charge < -0.3 is 11.1 Å². The number of guanidine groups is 1. The summed E-state index contributed by atoms with van der Waals surface area (Å²) in [6.07, 6.45) is 1.82. The first-order valence-corrected chi connectivity index (χ1v) is 7.85. The fourth-order valence-electron chi connectivity index (χ4n) is 2.79. The highest BCUT2D eigenvalue weighted by atomic mass is 127. The van der Waals surface area contributed by atoms with E-state index in [4.69, 9.17) is 5.73 Å². The van der Waals surface area contributed by atoms with Crippen molar-refractivity contribution in [3.05, 3.63) is 58.9 Å². The Labute approximate surface area is 162 Å². The second-order valence-electron chi connectivity index (χ2n) is 6.76. The minimum Gasteiger partial charge on any atom is -0.370 e. The molecule has 0 bridgehead atoms. The number of nitrogens with zero attached hydrogens (tertiary/aromatic N) is 2. The summed E-state index contributed by atoms with van der Waals surface area (Å²) in [6.45, 7) is 11.1. The highest BCUT2D eigenvalue weighted by Crippen LogP contribution is 2.24. The van der Waals surface area contributed by atoms with Gasteiger partial charge in [0.15, 0.2) is 5.96 Å². The van der Waals surface area contributed by atoms with Crippen molar-refractivity contribution in [3.63, 3.8) is 0 Å². The van der Waals surface area contributed by atoms with E-state index in [0.717, 1.165) is 11.4 Å². The van der Waals surface area contributed by atoms with Crippen molar-refractivity contribution in [1.82, 2.24) is 4.98 Å². The lowest BCUT2D eigenvalue weighted by atomic mass is 9.86. The lowest BCUT2D eigenvalue weighted by Crippen LogP contribution is -2.29. The van der Waals surface area contributed by atoms with Crippen LogP contribution in [0.1, 0.15) is 36.2 Å². The molecule has 1 aromatic carbocycles. The van der Waals surface area contributed by atoms with Crippen molar-refractivity contribution in [2.75, 3.05) is 11.9 Å². The summed E-state index contributed by atoms with van der Waals surface area (Å²) >= 11 is 0. The molecule has 4 nitrogen and oxygen atoms in total. The van der Waals surface area contributed by atoms with Gasteiger partial charge in [-0.2, -0.15) is 0 Å². The Kier molecular flexibility index (Phi) is 7.20. The smallest absolute Gasteiger partial charge is 0.193 e. The molecular weight excluding hydrogens is 411 g/mol. The quantitative estimate of drug-likeness (QED) is 0.425. The van der Waals surface area contributed by atoms with E-state index < -0.39 is 0 Å². The summed E-state index contributed by atoms with van der Waals surface area (Å²) in [7, 11) is 0. The van der Waals surface area contributed by atoms with E-state index in [9.17, 15) is 0 Å². The molecule has 0 aliphatic rings. The fraction of sp³-hybridized carbons (Fsp3) is 0.368. The Morgan fingerprint density at radius 2 is 1.79 bits per heavy atom. The van der Waals surface area contributed by atoms with Gasteiger partial charge in [-0.25, -0.2) is 0 Å². The summed E-state index contributed by atoms with van der Waals surface area (Å²) in [6, 6.07) is 10.3. The average molecular weight is 438 g/mol. The van der Waals surface area contributed by atoms with Crippen LogP contribution in [0.25, 0.3) is 0 Å². The van der Waals surface area contributed by atoms with Gasteiger partial charge in [-0.3, -0.25) is 9.98 Å². The number of anilines is 1. The maximum absolute atomic E-state index is 6.05. The molecule has 0 aliphatic carbocycles. The number of pyridine rings is 1. The monoisotopic (exact) mass is 438 g/mol. The molecule has 0 atom stereocenters. The van der Waals surface area contributed by atoms with Crippen molar-refractivity contribution >= 4 is 35.6 Å². The highest BCUT2D eigenvalue weighted by molar-refractivity contribution is 14.0. The molecule has 3 N–H and O–H groups in total. The van der Waals surface area contributed by atoms with Gasteiger partial charge in [0, 0.05) is 17.3 Å². The molecule has 1 heterocycles. The third-order valence-corrected chi connectivity index (χ3v) is 3.79. The number of hydrogen-bond donors (Lipinski definition) is 2. The van der Waals surface area contributed by atoms with E-state index in [2.05, 4.69) is 74.2 Å². The topological polar surface area (TPSA) is 63.3 Å². The largest absolute Gasteiger partial charge is 0.370 e. The lowest BCUT2D eigenvalue weighted by molar-refractivity contribution is 0.519. The first-order chi connectivity index (χ1) is 10.8. The molecule has 0 fully saturated rings. The number of nitrogens with one attached hydrogen (secondary N) is 1. The molecule has 24 heavy (non-hydrogen) atoms. The van der Waals surface area contributed by atoms with E-state index in [1.54, 1.807) is 0 Å². The standard InChI is InChI=1S/C19H26N4.HI/c1-13-9-14(2)11-16(10-13)23-18(20)22-12-19(4,5)17-15(3)7-6-8-21-17;/h6-11H,12H2,1-5H3,(H3,20,22,23);1H. The number of hydrogen-bond acceptors (Lipinski definition) is 2. The van der Waals surface area contributed by atoms with Crippen LogP contribution < -0.4 is 11.1 Å². The van der Waals surface area contributed by atoms with Gasteiger partial charge in [0.1, 0.15) is 0 Å². The molecule has 2 rings (SSSR count). The SMILES string of the molecule is Cc1cc(C)cc(NC(N)=NCC(C)(C)c2ncccc2C)c1.I. The van der Waals surface area contributed by atoms with Crippen molar-refractivity contribution < 1.29 is 0 Å². The number of nitrogens with two attached hydrogens (primary N) is 1. The molecular formula is C19H27IN4. The van der Waals surface area contributed by atoms with Gasteiger partial charge in [-0.05, 0) is 55.7 Å². The molecule has 0 aliphatic heterocycles. The summed E-state index contributed by atoms with van der Waals surface area (Å²) < 4.78 is 0. The zero-order valence-corrected chi connectivity index (χ0v) is 17.4. The Morgan fingerprint density at radius 3 is 2.38 bits per heavy atom. The zero-order valence-electron chi connectivity index (χ0n) is 15.1. The second kappa shape index (κ2) is 8.46. The first-order valence-electron chi connectivity index (χ1n) is 7.85. The Morgan fingerprint density at radius 1 is 1.17 bits per heavy atom. The van der Waals surface area contributed by atoms with Crippen LogP contribution in [0.3, 0.4) is 0 Å². The van der Waals surface area contributed by atoms with E-state index >= 15 is 0 Å². The van der Waals surface area contributed by atoms with E-state index in [0.29, 0.717) is 12.5 Å². The lowest BCUT2D eigenvalue weighted by Gasteiger charge is -2.23. The molecule has 0 unspecified atom stereocenters.